The Morgan fingerprint density at radius 1 is 0.973 bits per heavy atom. The van der Waals surface area contributed by atoms with Gasteiger partial charge in [-0.3, -0.25) is 9.78 Å². The summed E-state index contributed by atoms with van der Waals surface area (Å²) in [5.41, 5.74) is 3.10. The first kappa shape index (κ1) is 31.6. The number of fused-ring (bicyclic) bond motifs is 1. The third kappa shape index (κ3) is 12.6. The summed E-state index contributed by atoms with van der Waals surface area (Å²) >= 11 is 0. The second-order valence-electron chi connectivity index (χ2n) is 12.0. The molecule has 6 heteroatoms. The van der Waals surface area contributed by atoms with E-state index in [1.54, 1.807) is 0 Å². The number of aromatic nitrogens is 1. The Morgan fingerprint density at radius 2 is 1.54 bits per heavy atom. The van der Waals surface area contributed by atoms with Gasteiger partial charge in [0.2, 0.25) is 5.79 Å². The van der Waals surface area contributed by atoms with Crippen LogP contribution in [0.25, 0.3) is 0 Å². The van der Waals surface area contributed by atoms with Crippen LogP contribution in [0.2, 0.25) is 0 Å². The maximum atomic E-state index is 12.2. The van der Waals surface area contributed by atoms with Gasteiger partial charge in [-0.25, -0.2) is 0 Å². The van der Waals surface area contributed by atoms with Crippen LogP contribution in [-0.2, 0) is 27.4 Å². The molecule has 0 saturated carbocycles. The van der Waals surface area contributed by atoms with Gasteiger partial charge in [-0.2, -0.15) is 0 Å². The van der Waals surface area contributed by atoms with Crippen molar-refractivity contribution in [1.29, 1.82) is 0 Å². The van der Waals surface area contributed by atoms with Gasteiger partial charge in [-0.15, -0.1) is 0 Å². The van der Waals surface area contributed by atoms with Crippen LogP contribution >= 0.6 is 0 Å². The van der Waals surface area contributed by atoms with Gasteiger partial charge in [0, 0.05) is 37.6 Å². The molecule has 0 radical (unpaired) electrons. The Balaban J connectivity index is 1.55. The van der Waals surface area contributed by atoms with E-state index < -0.39 is 5.79 Å². The molecule has 1 aromatic heterocycles. The average molecular weight is 520 g/mol. The highest BCUT2D eigenvalue weighted by Gasteiger charge is 2.32. The highest BCUT2D eigenvalue weighted by atomic mass is 16.7. The van der Waals surface area contributed by atoms with Gasteiger partial charge in [-0.05, 0) is 13.3 Å². The van der Waals surface area contributed by atoms with Gasteiger partial charge in [0.05, 0.1) is 26.4 Å². The van der Waals surface area contributed by atoms with Crippen molar-refractivity contribution in [2.75, 3.05) is 27.2 Å². The minimum absolute atomic E-state index is 0.0681. The van der Waals surface area contributed by atoms with Gasteiger partial charge in [0.25, 0.3) is 0 Å². The standard InChI is InChI=1S/C31H55N2O4/c1-7-8-9-10-11-12-13-14-15-16-17-18-19-20-29(34)35-22-21-33(5,6)24-27-23-32-26(2)30-28(27)25-36-31(3,4)37-30/h23H,7-22,24-25H2,1-6H3/q+1. The Hall–Kier alpha value is -1.66. The topological polar surface area (TPSA) is 57.7 Å². The molecule has 0 amide bonds. The summed E-state index contributed by atoms with van der Waals surface area (Å²) in [5, 5.41) is 0. The van der Waals surface area contributed by atoms with Crippen molar-refractivity contribution in [2.45, 2.75) is 137 Å². The summed E-state index contributed by atoms with van der Waals surface area (Å²) in [6, 6.07) is 0. The number of likely N-dealkylation sites (N-methyl/N-ethyl adjacent to an activating group) is 1. The van der Waals surface area contributed by atoms with Gasteiger partial charge in [-0.1, -0.05) is 84.0 Å². The van der Waals surface area contributed by atoms with Gasteiger partial charge >= 0.3 is 5.97 Å². The van der Waals surface area contributed by atoms with Gasteiger partial charge < -0.3 is 18.7 Å². The molecule has 0 atom stereocenters. The highest BCUT2D eigenvalue weighted by molar-refractivity contribution is 5.69. The fourth-order valence-corrected chi connectivity index (χ4v) is 4.93. The number of esters is 1. The maximum absolute atomic E-state index is 12.2. The number of aryl methyl sites for hydroxylation is 1. The molecule has 2 heterocycles. The zero-order valence-corrected chi connectivity index (χ0v) is 24.8. The van der Waals surface area contributed by atoms with E-state index in [9.17, 15) is 4.79 Å². The molecule has 0 bridgehead atoms. The molecular weight excluding hydrogens is 464 g/mol. The van der Waals surface area contributed by atoms with Crippen molar-refractivity contribution in [3.63, 3.8) is 0 Å². The number of nitrogens with zero attached hydrogens (tertiary/aromatic N) is 2. The second kappa shape index (κ2) is 16.3. The molecule has 0 spiro atoms. The molecule has 0 N–H and O–H groups in total. The first-order valence-electron chi connectivity index (χ1n) is 14.9. The zero-order valence-electron chi connectivity index (χ0n) is 24.8. The minimum atomic E-state index is -0.635. The number of quaternary nitrogens is 1. The molecule has 1 aliphatic heterocycles. The number of carbonyl (C=O) groups is 1. The van der Waals surface area contributed by atoms with Crippen LogP contribution in [0.15, 0.2) is 6.20 Å². The van der Waals surface area contributed by atoms with Crippen molar-refractivity contribution < 1.29 is 23.5 Å². The first-order valence-corrected chi connectivity index (χ1v) is 14.9. The van der Waals surface area contributed by atoms with E-state index in [4.69, 9.17) is 14.2 Å². The smallest absolute Gasteiger partial charge is 0.305 e. The van der Waals surface area contributed by atoms with E-state index >= 15 is 0 Å². The molecule has 1 aliphatic rings. The van der Waals surface area contributed by atoms with Crippen LogP contribution in [-0.4, -0.2) is 48.5 Å². The van der Waals surface area contributed by atoms with E-state index in [-0.39, 0.29) is 5.97 Å². The quantitative estimate of drug-likeness (QED) is 0.107. The number of carbonyl (C=O) groups excluding carboxylic acids is 1. The minimum Gasteiger partial charge on any atom is -0.461 e. The normalized spacial score (nSPS) is 14.8. The molecule has 0 unspecified atom stereocenters. The molecule has 1 aromatic rings. The third-order valence-corrected chi connectivity index (χ3v) is 7.36. The lowest BCUT2D eigenvalue weighted by atomic mass is 10.0. The van der Waals surface area contributed by atoms with Crippen molar-refractivity contribution in [3.05, 3.63) is 23.0 Å². The number of unbranched alkanes of at least 4 members (excludes halogenated alkanes) is 12. The van der Waals surface area contributed by atoms with Crippen LogP contribution in [0.3, 0.4) is 0 Å². The highest BCUT2D eigenvalue weighted by Crippen LogP contribution is 2.35. The first-order chi connectivity index (χ1) is 17.6. The van der Waals surface area contributed by atoms with Crippen molar-refractivity contribution in [3.8, 4) is 5.75 Å². The summed E-state index contributed by atoms with van der Waals surface area (Å²) < 4.78 is 18.2. The number of rotatable bonds is 19. The molecule has 2 rings (SSSR count). The largest absolute Gasteiger partial charge is 0.461 e. The van der Waals surface area contributed by atoms with Crippen molar-refractivity contribution in [1.82, 2.24) is 4.98 Å². The second-order valence-corrected chi connectivity index (χ2v) is 12.0. The van der Waals surface area contributed by atoms with E-state index in [1.165, 1.54) is 70.6 Å². The van der Waals surface area contributed by atoms with E-state index in [0.29, 0.717) is 24.1 Å². The molecule has 212 valence electrons. The maximum Gasteiger partial charge on any atom is 0.305 e. The fraction of sp³-hybridized carbons (Fsp3) is 0.806. The number of ether oxygens (including phenoxy) is 3. The summed E-state index contributed by atoms with van der Waals surface area (Å²) in [5.74, 6) is 0.142. The summed E-state index contributed by atoms with van der Waals surface area (Å²) in [6.45, 7) is 10.6. The number of hydrogen-bond donors (Lipinski definition) is 0. The van der Waals surface area contributed by atoms with Gasteiger partial charge in [0.1, 0.15) is 25.4 Å². The third-order valence-electron chi connectivity index (χ3n) is 7.36. The Bertz CT molecular complexity index is 807. The van der Waals surface area contributed by atoms with Crippen molar-refractivity contribution >= 4 is 5.97 Å². The van der Waals surface area contributed by atoms with E-state index in [2.05, 4.69) is 26.0 Å². The summed E-state index contributed by atoms with van der Waals surface area (Å²) in [7, 11) is 4.31. The van der Waals surface area contributed by atoms with Crippen LogP contribution in [0.4, 0.5) is 0 Å². The predicted molar refractivity (Wildman–Crippen MR) is 150 cm³/mol. The molecule has 37 heavy (non-hydrogen) atoms. The lowest BCUT2D eigenvalue weighted by Crippen LogP contribution is -2.43. The lowest BCUT2D eigenvalue weighted by molar-refractivity contribution is -0.903. The Labute approximate surface area is 227 Å². The molecule has 0 aromatic carbocycles. The number of pyridine rings is 1. The van der Waals surface area contributed by atoms with Crippen LogP contribution < -0.4 is 4.74 Å². The van der Waals surface area contributed by atoms with Crippen LogP contribution in [0, 0.1) is 6.92 Å². The molecule has 6 nitrogen and oxygen atoms in total. The number of hydrogen-bond acceptors (Lipinski definition) is 5. The molecular formula is C31H55N2O4+. The fourth-order valence-electron chi connectivity index (χ4n) is 4.93. The summed E-state index contributed by atoms with van der Waals surface area (Å²) in [6.07, 6.45) is 19.5. The summed E-state index contributed by atoms with van der Waals surface area (Å²) in [4.78, 5) is 16.8. The lowest BCUT2D eigenvalue weighted by Gasteiger charge is -2.35. The average Bonchev–Trinajstić information content (AvgIpc) is 2.83. The molecule has 0 aliphatic carbocycles. The zero-order chi connectivity index (χ0) is 27.2. The van der Waals surface area contributed by atoms with Crippen LogP contribution in [0.1, 0.15) is 127 Å². The van der Waals surface area contributed by atoms with Crippen LogP contribution in [0.5, 0.6) is 5.75 Å². The predicted octanol–water partition coefficient (Wildman–Crippen LogP) is 7.64. The monoisotopic (exact) mass is 519 g/mol. The van der Waals surface area contributed by atoms with E-state index in [0.717, 1.165) is 48.5 Å². The molecule has 0 saturated heterocycles. The SMILES string of the molecule is CCCCCCCCCCCCCCCC(=O)OCC[N+](C)(C)Cc1cnc(C)c2c1COC(C)(C)O2. The van der Waals surface area contributed by atoms with E-state index in [1.807, 2.05) is 27.0 Å². The molecule has 0 fully saturated rings. The van der Waals surface area contributed by atoms with Gasteiger partial charge in [0.15, 0.2) is 0 Å². The Kier molecular flexibility index (Phi) is 13.9. The van der Waals surface area contributed by atoms with Crippen molar-refractivity contribution in [2.24, 2.45) is 0 Å². The Morgan fingerprint density at radius 3 is 2.14 bits per heavy atom.